The van der Waals surface area contributed by atoms with Crippen LogP contribution in [0.1, 0.15) is 48.7 Å². The molecular formula is C19H24N2OS. The van der Waals surface area contributed by atoms with Crippen molar-refractivity contribution in [2.45, 2.75) is 58.0 Å². The second-order valence-corrected chi connectivity index (χ2v) is 7.21. The Balaban J connectivity index is 1.70. The first kappa shape index (κ1) is 16.2. The molecular weight excluding hydrogens is 304 g/mol. The molecule has 3 rings (SSSR count). The van der Waals surface area contributed by atoms with Crippen LogP contribution in [0.25, 0.3) is 0 Å². The van der Waals surface area contributed by atoms with Gasteiger partial charge < -0.3 is 4.90 Å². The molecule has 122 valence electrons. The number of aromatic nitrogens is 1. The summed E-state index contributed by atoms with van der Waals surface area (Å²) >= 11 is 1.63. The van der Waals surface area contributed by atoms with Crippen molar-refractivity contribution < 1.29 is 4.79 Å². The average Bonchev–Trinajstić information content (AvgIpc) is 3.27. The summed E-state index contributed by atoms with van der Waals surface area (Å²) in [5.41, 5.74) is 2.42. The Bertz CT molecular complexity index is 615. The minimum absolute atomic E-state index is 0.233. The lowest BCUT2D eigenvalue weighted by Gasteiger charge is -2.28. The lowest BCUT2D eigenvalue weighted by atomic mass is 10.1. The van der Waals surface area contributed by atoms with Crippen molar-refractivity contribution in [1.82, 2.24) is 9.88 Å². The second kappa shape index (κ2) is 7.73. The van der Waals surface area contributed by atoms with Crippen LogP contribution in [0.4, 0.5) is 0 Å². The van der Waals surface area contributed by atoms with E-state index in [0.717, 1.165) is 29.8 Å². The van der Waals surface area contributed by atoms with E-state index >= 15 is 0 Å². The molecule has 0 saturated heterocycles. The topological polar surface area (TPSA) is 33.2 Å². The number of benzene rings is 1. The molecule has 3 nitrogen and oxygen atoms in total. The second-order valence-electron chi connectivity index (χ2n) is 6.23. The fourth-order valence-corrected chi connectivity index (χ4v) is 3.90. The molecule has 1 saturated carbocycles. The molecule has 23 heavy (non-hydrogen) atoms. The third kappa shape index (κ3) is 4.20. The van der Waals surface area contributed by atoms with Gasteiger partial charge in [0.15, 0.2) is 0 Å². The first-order valence-electron chi connectivity index (χ1n) is 8.52. The van der Waals surface area contributed by atoms with E-state index in [1.807, 2.05) is 11.6 Å². The number of nitrogens with zero attached hydrogens (tertiary/aromatic N) is 2. The Morgan fingerprint density at radius 1 is 1.22 bits per heavy atom. The zero-order valence-electron chi connectivity index (χ0n) is 13.7. The van der Waals surface area contributed by atoms with Gasteiger partial charge in [0.2, 0.25) is 5.91 Å². The standard InChI is InChI=1S/C19H24N2OS/c1-2-15-7-9-16(10-8-15)13-19(22)21(17-5-3-4-6-17)14-18-20-11-12-23-18/h7-12,17H,2-6,13-14H2,1H3. The Hall–Kier alpha value is -1.68. The maximum atomic E-state index is 12.9. The van der Waals surface area contributed by atoms with Gasteiger partial charge in [-0.25, -0.2) is 4.98 Å². The molecule has 1 aliphatic rings. The van der Waals surface area contributed by atoms with E-state index in [0.29, 0.717) is 19.0 Å². The fourth-order valence-electron chi connectivity index (χ4n) is 3.28. The smallest absolute Gasteiger partial charge is 0.227 e. The van der Waals surface area contributed by atoms with E-state index in [1.54, 1.807) is 11.3 Å². The van der Waals surface area contributed by atoms with Gasteiger partial charge in [-0.3, -0.25) is 4.79 Å². The van der Waals surface area contributed by atoms with Gasteiger partial charge in [-0.15, -0.1) is 11.3 Å². The van der Waals surface area contributed by atoms with Crippen molar-refractivity contribution in [1.29, 1.82) is 0 Å². The van der Waals surface area contributed by atoms with Crippen molar-refractivity contribution in [3.05, 3.63) is 52.0 Å². The predicted octanol–water partition coefficient (Wildman–Crippen LogP) is 4.22. The van der Waals surface area contributed by atoms with Gasteiger partial charge in [-0.1, -0.05) is 44.0 Å². The number of hydrogen-bond donors (Lipinski definition) is 0. The summed E-state index contributed by atoms with van der Waals surface area (Å²) in [6, 6.07) is 8.83. The summed E-state index contributed by atoms with van der Waals surface area (Å²) in [4.78, 5) is 19.3. The molecule has 0 unspecified atom stereocenters. The van der Waals surface area contributed by atoms with Crippen LogP contribution in [0, 0.1) is 0 Å². The Morgan fingerprint density at radius 2 is 1.91 bits per heavy atom. The Labute approximate surface area is 142 Å². The molecule has 1 aromatic heterocycles. The van der Waals surface area contributed by atoms with E-state index < -0.39 is 0 Å². The summed E-state index contributed by atoms with van der Waals surface area (Å²) in [5, 5.41) is 3.02. The number of carbonyl (C=O) groups is 1. The molecule has 0 aliphatic heterocycles. The normalized spacial score (nSPS) is 15.0. The molecule has 4 heteroatoms. The van der Waals surface area contributed by atoms with Crippen LogP contribution in [0.3, 0.4) is 0 Å². The van der Waals surface area contributed by atoms with E-state index in [9.17, 15) is 4.79 Å². The number of thiazole rings is 1. The summed E-state index contributed by atoms with van der Waals surface area (Å²) in [5.74, 6) is 0.233. The van der Waals surface area contributed by atoms with Crippen LogP contribution in [0.5, 0.6) is 0 Å². The third-order valence-electron chi connectivity index (χ3n) is 4.66. The van der Waals surface area contributed by atoms with Crippen molar-refractivity contribution in [3.63, 3.8) is 0 Å². The first-order chi connectivity index (χ1) is 11.3. The third-order valence-corrected chi connectivity index (χ3v) is 5.43. The highest BCUT2D eigenvalue weighted by atomic mass is 32.1. The molecule has 0 radical (unpaired) electrons. The van der Waals surface area contributed by atoms with E-state index in [-0.39, 0.29) is 5.91 Å². The minimum Gasteiger partial charge on any atom is -0.333 e. The van der Waals surface area contributed by atoms with Crippen molar-refractivity contribution in [3.8, 4) is 0 Å². The van der Waals surface area contributed by atoms with Crippen LogP contribution in [0.15, 0.2) is 35.8 Å². The molecule has 0 atom stereocenters. The number of carbonyl (C=O) groups excluding carboxylic acids is 1. The van der Waals surface area contributed by atoms with Crippen LogP contribution in [0.2, 0.25) is 0 Å². The van der Waals surface area contributed by atoms with Gasteiger partial charge in [-0.05, 0) is 30.4 Å². The maximum absolute atomic E-state index is 12.9. The summed E-state index contributed by atoms with van der Waals surface area (Å²) in [6.07, 6.45) is 8.08. The lowest BCUT2D eigenvalue weighted by molar-refractivity contribution is -0.133. The Morgan fingerprint density at radius 3 is 2.52 bits per heavy atom. The molecule has 2 aromatic rings. The highest BCUT2D eigenvalue weighted by molar-refractivity contribution is 7.09. The summed E-state index contributed by atoms with van der Waals surface area (Å²) in [6.45, 7) is 2.81. The number of aryl methyl sites for hydroxylation is 1. The van der Waals surface area contributed by atoms with Gasteiger partial charge in [0.05, 0.1) is 13.0 Å². The maximum Gasteiger partial charge on any atom is 0.227 e. The molecule has 0 N–H and O–H groups in total. The predicted molar refractivity (Wildman–Crippen MR) is 94.4 cm³/mol. The van der Waals surface area contributed by atoms with Gasteiger partial charge >= 0.3 is 0 Å². The molecule has 1 fully saturated rings. The van der Waals surface area contributed by atoms with Gasteiger partial charge in [0, 0.05) is 17.6 Å². The van der Waals surface area contributed by atoms with Crippen LogP contribution in [-0.4, -0.2) is 21.8 Å². The monoisotopic (exact) mass is 328 g/mol. The van der Waals surface area contributed by atoms with Crippen molar-refractivity contribution >= 4 is 17.2 Å². The molecule has 0 bridgehead atoms. The largest absolute Gasteiger partial charge is 0.333 e. The molecule has 0 spiro atoms. The highest BCUT2D eigenvalue weighted by Crippen LogP contribution is 2.26. The van der Waals surface area contributed by atoms with E-state index in [1.165, 1.54) is 18.4 Å². The van der Waals surface area contributed by atoms with E-state index in [2.05, 4.69) is 41.1 Å². The zero-order chi connectivity index (χ0) is 16.1. The number of hydrogen-bond acceptors (Lipinski definition) is 3. The van der Waals surface area contributed by atoms with Gasteiger partial charge in [-0.2, -0.15) is 0 Å². The zero-order valence-corrected chi connectivity index (χ0v) is 14.5. The molecule has 1 aromatic carbocycles. The van der Waals surface area contributed by atoms with Gasteiger partial charge in [0.25, 0.3) is 0 Å². The van der Waals surface area contributed by atoms with Gasteiger partial charge in [0.1, 0.15) is 5.01 Å². The molecule has 1 amide bonds. The fraction of sp³-hybridized carbons (Fsp3) is 0.474. The highest BCUT2D eigenvalue weighted by Gasteiger charge is 2.27. The Kier molecular flexibility index (Phi) is 5.44. The summed E-state index contributed by atoms with van der Waals surface area (Å²) in [7, 11) is 0. The lowest BCUT2D eigenvalue weighted by Crippen LogP contribution is -2.39. The molecule has 1 heterocycles. The quantitative estimate of drug-likeness (QED) is 0.795. The van der Waals surface area contributed by atoms with Crippen molar-refractivity contribution in [2.75, 3.05) is 0 Å². The van der Waals surface area contributed by atoms with E-state index in [4.69, 9.17) is 0 Å². The van der Waals surface area contributed by atoms with Crippen LogP contribution >= 0.6 is 11.3 Å². The van der Waals surface area contributed by atoms with Crippen LogP contribution in [-0.2, 0) is 24.2 Å². The molecule has 1 aliphatic carbocycles. The minimum atomic E-state index is 0.233. The summed E-state index contributed by atoms with van der Waals surface area (Å²) < 4.78 is 0. The van der Waals surface area contributed by atoms with Crippen molar-refractivity contribution in [2.24, 2.45) is 0 Å². The average molecular weight is 328 g/mol. The number of amides is 1. The first-order valence-corrected chi connectivity index (χ1v) is 9.40. The van der Waals surface area contributed by atoms with Crippen LogP contribution < -0.4 is 0 Å². The SMILES string of the molecule is CCc1ccc(CC(=O)N(Cc2nccs2)C2CCCC2)cc1. The number of rotatable bonds is 6.